The maximum absolute atomic E-state index is 5.82. The number of benzene rings is 1. The molecule has 0 unspecified atom stereocenters. The Morgan fingerprint density at radius 2 is 1.88 bits per heavy atom. The zero-order valence-electron chi connectivity index (χ0n) is 13.3. The van der Waals surface area contributed by atoms with Gasteiger partial charge in [-0.2, -0.15) is 0 Å². The molecule has 1 aliphatic rings. The third kappa shape index (κ3) is 3.26. The van der Waals surface area contributed by atoms with Crippen molar-refractivity contribution in [1.82, 2.24) is 20.1 Å². The Balaban J connectivity index is 1.45. The highest BCUT2D eigenvalue weighted by Gasteiger charge is 2.17. The fraction of sp³-hybridized carbons (Fsp3) is 0.211. The van der Waals surface area contributed by atoms with Gasteiger partial charge in [0.2, 0.25) is 11.8 Å². The van der Waals surface area contributed by atoms with Crippen LogP contribution in [0.3, 0.4) is 0 Å². The zero-order valence-corrected chi connectivity index (χ0v) is 13.3. The summed E-state index contributed by atoms with van der Waals surface area (Å²) in [6, 6.07) is 13.9. The molecule has 0 saturated heterocycles. The molecule has 0 amide bonds. The minimum atomic E-state index is 0.575. The van der Waals surface area contributed by atoms with Crippen LogP contribution < -0.4 is 0 Å². The van der Waals surface area contributed by atoms with Gasteiger partial charge in [-0.15, -0.1) is 10.2 Å². The van der Waals surface area contributed by atoms with Gasteiger partial charge in [-0.25, -0.2) is 0 Å². The Labute approximate surface area is 140 Å². The first kappa shape index (κ1) is 14.8. The van der Waals surface area contributed by atoms with Crippen molar-refractivity contribution in [2.75, 3.05) is 13.1 Å². The minimum absolute atomic E-state index is 0.575. The second-order valence-corrected chi connectivity index (χ2v) is 5.84. The van der Waals surface area contributed by atoms with E-state index in [1.54, 1.807) is 6.20 Å². The Morgan fingerprint density at radius 1 is 1.00 bits per heavy atom. The van der Waals surface area contributed by atoms with Crippen LogP contribution in [0, 0.1) is 0 Å². The van der Waals surface area contributed by atoms with E-state index in [0.717, 1.165) is 25.1 Å². The summed E-state index contributed by atoms with van der Waals surface area (Å²) in [6.07, 6.45) is 7.02. The summed E-state index contributed by atoms with van der Waals surface area (Å²) in [5.74, 6) is 1.23. The summed E-state index contributed by atoms with van der Waals surface area (Å²) >= 11 is 0. The lowest BCUT2D eigenvalue weighted by molar-refractivity contribution is 0.265. The SMILES string of the molecule is C1=C(c2cccnc2)CN(Cc2nnc(-c3ccccc3)o2)CC1. The van der Waals surface area contributed by atoms with Gasteiger partial charge < -0.3 is 4.42 Å². The normalized spacial score (nSPS) is 15.2. The molecule has 1 aromatic carbocycles. The monoisotopic (exact) mass is 318 g/mol. The van der Waals surface area contributed by atoms with Crippen LogP contribution in [-0.4, -0.2) is 33.2 Å². The average molecular weight is 318 g/mol. The topological polar surface area (TPSA) is 55.1 Å². The van der Waals surface area contributed by atoms with Crippen molar-refractivity contribution in [3.05, 3.63) is 72.4 Å². The smallest absolute Gasteiger partial charge is 0.247 e. The number of rotatable bonds is 4. The lowest BCUT2D eigenvalue weighted by Gasteiger charge is -2.25. The fourth-order valence-electron chi connectivity index (χ4n) is 2.91. The van der Waals surface area contributed by atoms with Crippen LogP contribution in [0.4, 0.5) is 0 Å². The number of nitrogens with zero attached hydrogens (tertiary/aromatic N) is 4. The molecule has 24 heavy (non-hydrogen) atoms. The summed E-state index contributed by atoms with van der Waals surface area (Å²) in [7, 11) is 0. The van der Waals surface area contributed by atoms with Crippen molar-refractivity contribution in [2.45, 2.75) is 13.0 Å². The van der Waals surface area contributed by atoms with Gasteiger partial charge in [0.05, 0.1) is 6.54 Å². The molecule has 0 saturated carbocycles. The van der Waals surface area contributed by atoms with E-state index in [1.165, 1.54) is 11.1 Å². The van der Waals surface area contributed by atoms with Gasteiger partial charge in [-0.1, -0.05) is 30.3 Å². The molecule has 4 rings (SSSR count). The van der Waals surface area contributed by atoms with E-state index >= 15 is 0 Å². The summed E-state index contributed by atoms with van der Waals surface area (Å²) in [6.45, 7) is 2.53. The van der Waals surface area contributed by atoms with Crippen molar-refractivity contribution in [2.24, 2.45) is 0 Å². The molecule has 0 N–H and O–H groups in total. The van der Waals surface area contributed by atoms with E-state index in [4.69, 9.17) is 4.42 Å². The van der Waals surface area contributed by atoms with Crippen molar-refractivity contribution >= 4 is 5.57 Å². The minimum Gasteiger partial charge on any atom is -0.419 e. The average Bonchev–Trinajstić information content (AvgIpc) is 3.12. The molecule has 5 heteroatoms. The fourth-order valence-corrected chi connectivity index (χ4v) is 2.91. The van der Waals surface area contributed by atoms with E-state index < -0.39 is 0 Å². The number of hydrogen-bond donors (Lipinski definition) is 0. The molecule has 0 radical (unpaired) electrons. The van der Waals surface area contributed by atoms with E-state index in [-0.39, 0.29) is 0 Å². The van der Waals surface area contributed by atoms with Crippen LogP contribution in [0.5, 0.6) is 0 Å². The quantitative estimate of drug-likeness (QED) is 0.738. The highest BCUT2D eigenvalue weighted by Crippen LogP contribution is 2.22. The Morgan fingerprint density at radius 3 is 2.71 bits per heavy atom. The first-order chi connectivity index (χ1) is 11.9. The summed E-state index contributed by atoms with van der Waals surface area (Å²) in [5, 5.41) is 8.36. The van der Waals surface area contributed by atoms with Crippen molar-refractivity contribution in [1.29, 1.82) is 0 Å². The first-order valence-electron chi connectivity index (χ1n) is 8.08. The van der Waals surface area contributed by atoms with E-state index in [0.29, 0.717) is 18.3 Å². The molecule has 0 atom stereocenters. The van der Waals surface area contributed by atoms with Gasteiger partial charge in [-0.3, -0.25) is 9.88 Å². The first-order valence-corrected chi connectivity index (χ1v) is 8.08. The zero-order chi connectivity index (χ0) is 16.2. The van der Waals surface area contributed by atoms with Crippen molar-refractivity contribution in [3.8, 4) is 11.5 Å². The predicted octanol–water partition coefficient (Wildman–Crippen LogP) is 3.42. The van der Waals surface area contributed by atoms with Gasteiger partial charge in [0.25, 0.3) is 0 Å². The van der Waals surface area contributed by atoms with Crippen LogP contribution in [-0.2, 0) is 6.54 Å². The van der Waals surface area contributed by atoms with Gasteiger partial charge >= 0.3 is 0 Å². The van der Waals surface area contributed by atoms with Gasteiger partial charge in [0.15, 0.2) is 0 Å². The van der Waals surface area contributed by atoms with Crippen LogP contribution in [0.25, 0.3) is 17.0 Å². The molecular formula is C19H18N4O. The molecule has 0 spiro atoms. The highest BCUT2D eigenvalue weighted by atomic mass is 16.4. The van der Waals surface area contributed by atoms with E-state index in [1.807, 2.05) is 42.6 Å². The van der Waals surface area contributed by atoms with E-state index in [2.05, 4.69) is 32.2 Å². The lowest BCUT2D eigenvalue weighted by atomic mass is 10.0. The molecule has 0 bridgehead atoms. The molecule has 5 nitrogen and oxygen atoms in total. The molecule has 3 heterocycles. The number of hydrogen-bond acceptors (Lipinski definition) is 5. The maximum Gasteiger partial charge on any atom is 0.247 e. The standard InChI is InChI=1S/C19H18N4O/c1-2-6-15(7-3-1)19-22-21-18(24-19)14-23-11-5-9-17(13-23)16-8-4-10-20-12-16/h1-4,6-10,12H,5,11,13-14H2. The van der Waals surface area contributed by atoms with Crippen LogP contribution in [0.1, 0.15) is 17.9 Å². The lowest BCUT2D eigenvalue weighted by Crippen LogP contribution is -2.29. The largest absolute Gasteiger partial charge is 0.419 e. The molecular weight excluding hydrogens is 300 g/mol. The van der Waals surface area contributed by atoms with Crippen LogP contribution >= 0.6 is 0 Å². The van der Waals surface area contributed by atoms with Gasteiger partial charge in [0.1, 0.15) is 0 Å². The van der Waals surface area contributed by atoms with Gasteiger partial charge in [-0.05, 0) is 35.8 Å². The molecule has 120 valence electrons. The number of pyridine rings is 1. The van der Waals surface area contributed by atoms with Crippen LogP contribution in [0.2, 0.25) is 0 Å². The predicted molar refractivity (Wildman–Crippen MR) is 91.8 cm³/mol. The second kappa shape index (κ2) is 6.76. The summed E-state index contributed by atoms with van der Waals surface area (Å²) in [5.41, 5.74) is 3.43. The molecule has 1 aliphatic heterocycles. The molecule has 3 aromatic rings. The highest BCUT2D eigenvalue weighted by molar-refractivity contribution is 5.66. The summed E-state index contributed by atoms with van der Waals surface area (Å²) < 4.78 is 5.82. The Hall–Kier alpha value is -2.79. The summed E-state index contributed by atoms with van der Waals surface area (Å²) in [4.78, 5) is 6.53. The van der Waals surface area contributed by atoms with Crippen molar-refractivity contribution < 1.29 is 4.42 Å². The second-order valence-electron chi connectivity index (χ2n) is 5.84. The Bertz CT molecular complexity index is 827. The Kier molecular flexibility index (Phi) is 4.16. The van der Waals surface area contributed by atoms with Gasteiger partial charge in [0, 0.05) is 31.0 Å². The third-order valence-corrected chi connectivity index (χ3v) is 4.11. The van der Waals surface area contributed by atoms with Crippen LogP contribution in [0.15, 0.2) is 65.4 Å². The molecule has 0 aliphatic carbocycles. The van der Waals surface area contributed by atoms with Crippen molar-refractivity contribution in [3.63, 3.8) is 0 Å². The van der Waals surface area contributed by atoms with E-state index in [9.17, 15) is 0 Å². The molecule has 2 aromatic heterocycles. The maximum atomic E-state index is 5.82. The number of aromatic nitrogens is 3. The third-order valence-electron chi connectivity index (χ3n) is 4.11. The molecule has 0 fully saturated rings.